The van der Waals surface area contributed by atoms with E-state index in [0.717, 1.165) is 10.9 Å². The lowest BCUT2D eigenvalue weighted by Crippen LogP contribution is -2.26. The van der Waals surface area contributed by atoms with Gasteiger partial charge >= 0.3 is 0 Å². The van der Waals surface area contributed by atoms with Crippen LogP contribution < -0.4 is 10.9 Å². The second kappa shape index (κ2) is 6.62. The number of aromatic amines is 1. The summed E-state index contributed by atoms with van der Waals surface area (Å²) < 4.78 is 0. The minimum atomic E-state index is -0.241. The fourth-order valence-electron chi connectivity index (χ4n) is 2.38. The van der Waals surface area contributed by atoms with Gasteiger partial charge in [-0.2, -0.15) is 5.10 Å². The highest BCUT2D eigenvalue weighted by Gasteiger charge is 2.08. The number of halogens is 1. The first-order chi connectivity index (χ1) is 11.1. The van der Waals surface area contributed by atoms with Crippen molar-refractivity contribution >= 4 is 28.3 Å². The Bertz CT molecular complexity index is 921. The van der Waals surface area contributed by atoms with E-state index in [2.05, 4.69) is 15.5 Å². The van der Waals surface area contributed by atoms with Crippen LogP contribution in [0.15, 0.2) is 53.3 Å². The van der Waals surface area contributed by atoms with Gasteiger partial charge in [0.2, 0.25) is 5.91 Å². The average Bonchev–Trinajstić information content (AvgIpc) is 2.54. The summed E-state index contributed by atoms with van der Waals surface area (Å²) in [6, 6.07) is 14.3. The highest BCUT2D eigenvalue weighted by atomic mass is 35.5. The van der Waals surface area contributed by atoms with E-state index in [1.165, 1.54) is 0 Å². The minimum Gasteiger partial charge on any atom is -0.350 e. The molecule has 0 atom stereocenters. The molecule has 5 nitrogen and oxygen atoms in total. The van der Waals surface area contributed by atoms with Gasteiger partial charge in [0.1, 0.15) is 0 Å². The standard InChI is InChI=1S/C17H14ClN3O2/c18-12-5-3-4-11(8-12)9-16(22)19-10-15-13-6-1-2-7-14(13)17(23)21-20-15/h1-8H,9-10H2,(H,19,22)(H,21,23). The lowest BCUT2D eigenvalue weighted by molar-refractivity contribution is -0.120. The lowest BCUT2D eigenvalue weighted by atomic mass is 10.1. The molecule has 0 aliphatic rings. The van der Waals surface area contributed by atoms with Crippen molar-refractivity contribution < 1.29 is 4.79 Å². The van der Waals surface area contributed by atoms with Gasteiger partial charge in [0.15, 0.2) is 0 Å². The molecule has 0 spiro atoms. The van der Waals surface area contributed by atoms with Gasteiger partial charge in [-0.05, 0) is 23.8 Å². The quantitative estimate of drug-likeness (QED) is 0.773. The first-order valence-electron chi connectivity index (χ1n) is 7.11. The minimum absolute atomic E-state index is 0.135. The molecule has 6 heteroatoms. The molecule has 2 aromatic carbocycles. The van der Waals surface area contributed by atoms with E-state index in [-0.39, 0.29) is 24.4 Å². The number of carbonyl (C=O) groups excluding carboxylic acids is 1. The molecule has 0 fully saturated rings. The van der Waals surface area contributed by atoms with Gasteiger partial charge in [-0.25, -0.2) is 5.10 Å². The Morgan fingerprint density at radius 1 is 1.13 bits per heavy atom. The summed E-state index contributed by atoms with van der Waals surface area (Å²) >= 11 is 5.91. The molecule has 0 aliphatic carbocycles. The zero-order valence-corrected chi connectivity index (χ0v) is 12.9. The van der Waals surface area contributed by atoms with E-state index >= 15 is 0 Å². The molecule has 1 amide bonds. The SMILES string of the molecule is O=C(Cc1cccc(Cl)c1)NCc1n[nH]c(=O)c2ccccc12. The number of benzene rings is 2. The molecular weight excluding hydrogens is 314 g/mol. The van der Waals surface area contributed by atoms with E-state index in [1.54, 1.807) is 24.3 Å². The van der Waals surface area contributed by atoms with Crippen LogP contribution in [0.1, 0.15) is 11.3 Å². The van der Waals surface area contributed by atoms with Crippen LogP contribution in [-0.4, -0.2) is 16.1 Å². The third-order valence-corrected chi connectivity index (χ3v) is 3.72. The molecule has 3 aromatic rings. The van der Waals surface area contributed by atoms with Crippen molar-refractivity contribution in [3.63, 3.8) is 0 Å². The van der Waals surface area contributed by atoms with Gasteiger partial charge in [0.05, 0.1) is 24.0 Å². The van der Waals surface area contributed by atoms with Crippen LogP contribution in [-0.2, 0) is 17.8 Å². The van der Waals surface area contributed by atoms with Crippen LogP contribution in [0, 0.1) is 0 Å². The topological polar surface area (TPSA) is 74.8 Å². The van der Waals surface area contributed by atoms with E-state index in [9.17, 15) is 9.59 Å². The Hall–Kier alpha value is -2.66. The van der Waals surface area contributed by atoms with Crippen LogP contribution in [0.2, 0.25) is 5.02 Å². The second-order valence-corrected chi connectivity index (χ2v) is 5.56. The predicted octanol–water partition coefficient (Wildman–Crippen LogP) is 2.44. The largest absolute Gasteiger partial charge is 0.350 e. The van der Waals surface area contributed by atoms with Gasteiger partial charge in [-0.3, -0.25) is 9.59 Å². The summed E-state index contributed by atoms with van der Waals surface area (Å²) in [5.74, 6) is -0.135. The van der Waals surface area contributed by atoms with Gasteiger partial charge in [0, 0.05) is 10.4 Å². The zero-order valence-electron chi connectivity index (χ0n) is 12.2. The van der Waals surface area contributed by atoms with Crippen molar-refractivity contribution in [3.8, 4) is 0 Å². The predicted molar refractivity (Wildman–Crippen MR) is 89.4 cm³/mol. The second-order valence-electron chi connectivity index (χ2n) is 5.13. The van der Waals surface area contributed by atoms with Crippen molar-refractivity contribution in [1.29, 1.82) is 0 Å². The van der Waals surface area contributed by atoms with Crippen LogP contribution in [0.25, 0.3) is 10.8 Å². The molecule has 0 radical (unpaired) electrons. The summed E-state index contributed by atoms with van der Waals surface area (Å²) in [7, 11) is 0. The Labute approximate surface area is 137 Å². The van der Waals surface area contributed by atoms with Crippen molar-refractivity contribution in [1.82, 2.24) is 15.5 Å². The van der Waals surface area contributed by atoms with Crippen LogP contribution in [0.5, 0.6) is 0 Å². The highest BCUT2D eigenvalue weighted by molar-refractivity contribution is 6.30. The molecule has 0 bridgehead atoms. The van der Waals surface area contributed by atoms with Crippen LogP contribution >= 0.6 is 11.6 Å². The maximum Gasteiger partial charge on any atom is 0.272 e. The number of amides is 1. The third kappa shape index (κ3) is 3.57. The summed E-state index contributed by atoms with van der Waals surface area (Å²) in [5.41, 5.74) is 1.23. The maximum absolute atomic E-state index is 12.0. The van der Waals surface area contributed by atoms with E-state index in [0.29, 0.717) is 16.1 Å². The van der Waals surface area contributed by atoms with Crippen molar-refractivity contribution in [2.75, 3.05) is 0 Å². The average molecular weight is 328 g/mol. The number of hydrogen-bond donors (Lipinski definition) is 2. The number of nitrogens with zero attached hydrogens (tertiary/aromatic N) is 1. The van der Waals surface area contributed by atoms with Gasteiger partial charge in [-0.15, -0.1) is 0 Å². The van der Waals surface area contributed by atoms with Crippen molar-refractivity contribution in [2.24, 2.45) is 0 Å². The normalized spacial score (nSPS) is 10.7. The summed E-state index contributed by atoms with van der Waals surface area (Å²) in [6.45, 7) is 0.247. The molecule has 0 saturated heterocycles. The van der Waals surface area contributed by atoms with E-state index in [1.807, 2.05) is 24.3 Å². The summed E-state index contributed by atoms with van der Waals surface area (Å²) in [5, 5.41) is 11.2. The molecule has 1 aromatic heterocycles. The fourth-order valence-corrected chi connectivity index (χ4v) is 2.60. The third-order valence-electron chi connectivity index (χ3n) is 3.48. The molecule has 23 heavy (non-hydrogen) atoms. The lowest BCUT2D eigenvalue weighted by Gasteiger charge is -2.07. The first-order valence-corrected chi connectivity index (χ1v) is 7.49. The van der Waals surface area contributed by atoms with Crippen LogP contribution in [0.4, 0.5) is 0 Å². The molecule has 116 valence electrons. The van der Waals surface area contributed by atoms with Gasteiger partial charge in [-0.1, -0.05) is 41.9 Å². The Morgan fingerprint density at radius 3 is 2.70 bits per heavy atom. The van der Waals surface area contributed by atoms with Crippen molar-refractivity contribution in [2.45, 2.75) is 13.0 Å². The maximum atomic E-state index is 12.0. The van der Waals surface area contributed by atoms with E-state index in [4.69, 9.17) is 11.6 Å². The molecule has 1 heterocycles. The molecule has 2 N–H and O–H groups in total. The molecular formula is C17H14ClN3O2. The molecule has 0 unspecified atom stereocenters. The molecule has 3 rings (SSSR count). The number of nitrogens with one attached hydrogen (secondary N) is 2. The summed E-state index contributed by atoms with van der Waals surface area (Å²) in [4.78, 5) is 23.8. The molecule has 0 saturated carbocycles. The Balaban J connectivity index is 1.72. The smallest absolute Gasteiger partial charge is 0.272 e. The van der Waals surface area contributed by atoms with Crippen LogP contribution in [0.3, 0.4) is 0 Å². The van der Waals surface area contributed by atoms with Gasteiger partial charge < -0.3 is 5.32 Å². The first kappa shape index (κ1) is 15.2. The number of hydrogen-bond acceptors (Lipinski definition) is 3. The zero-order chi connectivity index (χ0) is 16.2. The summed E-state index contributed by atoms with van der Waals surface area (Å²) in [6.07, 6.45) is 0.238. The number of aromatic nitrogens is 2. The van der Waals surface area contributed by atoms with Gasteiger partial charge in [0.25, 0.3) is 5.56 Å². The highest BCUT2D eigenvalue weighted by Crippen LogP contribution is 2.13. The monoisotopic (exact) mass is 327 g/mol. The number of fused-ring (bicyclic) bond motifs is 1. The van der Waals surface area contributed by atoms with Crippen molar-refractivity contribution in [3.05, 3.63) is 75.2 Å². The molecule has 0 aliphatic heterocycles. The Kier molecular flexibility index (Phi) is 4.39. The Morgan fingerprint density at radius 2 is 1.91 bits per heavy atom. The fraction of sp³-hybridized carbons (Fsp3) is 0.118. The number of carbonyl (C=O) groups is 1. The van der Waals surface area contributed by atoms with E-state index < -0.39 is 0 Å². The number of H-pyrrole nitrogens is 1. The number of rotatable bonds is 4.